The highest BCUT2D eigenvalue weighted by Gasteiger charge is 2.17. The second-order valence-electron chi connectivity index (χ2n) is 5.34. The first-order valence-corrected chi connectivity index (χ1v) is 7.93. The van der Waals surface area contributed by atoms with E-state index in [4.69, 9.17) is 23.2 Å². The molecule has 21 heavy (non-hydrogen) atoms. The Bertz CT molecular complexity index is 488. The first-order chi connectivity index (χ1) is 10.1. The largest absolute Gasteiger partial charge is 0.340 e. The van der Waals surface area contributed by atoms with E-state index in [0.717, 1.165) is 38.2 Å². The molecule has 1 aromatic carbocycles. The quantitative estimate of drug-likeness (QED) is 0.920. The fraction of sp³-hybridized carbons (Fsp3) is 0.533. The molecule has 0 spiro atoms. The van der Waals surface area contributed by atoms with Crippen LogP contribution in [0.1, 0.15) is 12.0 Å². The minimum atomic E-state index is 0.105. The van der Waals surface area contributed by atoms with Crippen LogP contribution in [-0.4, -0.2) is 55.5 Å². The Morgan fingerprint density at radius 2 is 2.14 bits per heavy atom. The summed E-state index contributed by atoms with van der Waals surface area (Å²) in [6.45, 7) is 4.78. The smallest absolute Gasteiger partial charge is 0.236 e. The van der Waals surface area contributed by atoms with Gasteiger partial charge < -0.3 is 10.2 Å². The second kappa shape index (κ2) is 7.99. The molecule has 0 bridgehead atoms. The molecule has 1 saturated heterocycles. The van der Waals surface area contributed by atoms with Gasteiger partial charge in [0.1, 0.15) is 0 Å². The Labute approximate surface area is 136 Å². The van der Waals surface area contributed by atoms with Crippen LogP contribution < -0.4 is 5.32 Å². The summed E-state index contributed by atoms with van der Waals surface area (Å²) in [5.74, 6) is 0.105. The number of likely N-dealkylation sites (N-methyl/N-ethyl adjacent to an activating group) is 1. The van der Waals surface area contributed by atoms with Crippen LogP contribution >= 0.6 is 23.2 Å². The molecule has 4 nitrogen and oxygen atoms in total. The molecule has 1 N–H and O–H groups in total. The SMILES string of the molecule is CN(Cc1cccc(Cl)c1Cl)C(=O)CN1CCCNCC1. The molecule has 0 unspecified atom stereocenters. The average Bonchev–Trinajstić information content (AvgIpc) is 2.72. The van der Waals surface area contributed by atoms with E-state index in [1.807, 2.05) is 12.1 Å². The highest BCUT2D eigenvalue weighted by atomic mass is 35.5. The van der Waals surface area contributed by atoms with E-state index in [2.05, 4.69) is 10.2 Å². The lowest BCUT2D eigenvalue weighted by Gasteiger charge is -2.24. The molecule has 0 saturated carbocycles. The second-order valence-corrected chi connectivity index (χ2v) is 6.13. The van der Waals surface area contributed by atoms with Crippen LogP contribution in [0.25, 0.3) is 0 Å². The first-order valence-electron chi connectivity index (χ1n) is 7.18. The van der Waals surface area contributed by atoms with Crippen molar-refractivity contribution in [3.05, 3.63) is 33.8 Å². The van der Waals surface area contributed by atoms with Gasteiger partial charge in [-0.25, -0.2) is 0 Å². The van der Waals surface area contributed by atoms with Crippen molar-refractivity contribution in [3.63, 3.8) is 0 Å². The van der Waals surface area contributed by atoms with Crippen molar-refractivity contribution >= 4 is 29.1 Å². The monoisotopic (exact) mass is 329 g/mol. The third kappa shape index (κ3) is 4.85. The summed E-state index contributed by atoms with van der Waals surface area (Å²) in [7, 11) is 1.80. The topological polar surface area (TPSA) is 35.6 Å². The molecular formula is C15H21Cl2N3O. The molecule has 0 atom stereocenters. The molecule has 0 aliphatic carbocycles. The van der Waals surface area contributed by atoms with Gasteiger partial charge in [-0.3, -0.25) is 9.69 Å². The van der Waals surface area contributed by atoms with E-state index in [1.54, 1.807) is 18.0 Å². The highest BCUT2D eigenvalue weighted by Crippen LogP contribution is 2.26. The van der Waals surface area contributed by atoms with E-state index in [1.165, 1.54) is 0 Å². The zero-order valence-electron chi connectivity index (χ0n) is 12.2. The molecule has 116 valence electrons. The number of nitrogens with one attached hydrogen (secondary N) is 1. The van der Waals surface area contributed by atoms with Crippen LogP contribution in [0.4, 0.5) is 0 Å². The first kappa shape index (κ1) is 16.6. The average molecular weight is 330 g/mol. The maximum absolute atomic E-state index is 12.3. The van der Waals surface area contributed by atoms with E-state index in [0.29, 0.717) is 23.1 Å². The maximum Gasteiger partial charge on any atom is 0.236 e. The molecule has 0 radical (unpaired) electrons. The summed E-state index contributed by atoms with van der Waals surface area (Å²) < 4.78 is 0. The Kier molecular flexibility index (Phi) is 6.30. The lowest BCUT2D eigenvalue weighted by molar-refractivity contribution is -0.131. The number of carbonyl (C=O) groups is 1. The van der Waals surface area contributed by atoms with Gasteiger partial charge in [-0.05, 0) is 31.1 Å². The van der Waals surface area contributed by atoms with E-state index >= 15 is 0 Å². The van der Waals surface area contributed by atoms with Gasteiger partial charge in [-0.2, -0.15) is 0 Å². The Balaban J connectivity index is 1.91. The number of rotatable bonds is 4. The summed E-state index contributed by atoms with van der Waals surface area (Å²) in [5, 5.41) is 4.38. The number of halogens is 2. The fourth-order valence-electron chi connectivity index (χ4n) is 2.39. The van der Waals surface area contributed by atoms with Crippen molar-refractivity contribution in [1.82, 2.24) is 15.1 Å². The molecule has 1 aliphatic rings. The summed E-state index contributed by atoms with van der Waals surface area (Å²) in [5.41, 5.74) is 0.873. The standard InChI is InChI=1S/C15H21Cl2N3O/c1-19(10-12-4-2-5-13(16)15(12)17)14(21)11-20-8-3-6-18-7-9-20/h2,4-5,18H,3,6-11H2,1H3. The molecule has 1 aromatic rings. The van der Waals surface area contributed by atoms with Crippen molar-refractivity contribution < 1.29 is 4.79 Å². The zero-order valence-corrected chi connectivity index (χ0v) is 13.8. The van der Waals surface area contributed by atoms with Crippen molar-refractivity contribution in [3.8, 4) is 0 Å². The number of hydrogen-bond donors (Lipinski definition) is 1. The summed E-state index contributed by atoms with van der Waals surface area (Å²) >= 11 is 12.2. The Morgan fingerprint density at radius 1 is 1.33 bits per heavy atom. The van der Waals surface area contributed by atoms with Crippen LogP contribution in [0.5, 0.6) is 0 Å². The van der Waals surface area contributed by atoms with Crippen LogP contribution in [0, 0.1) is 0 Å². The van der Waals surface area contributed by atoms with Gasteiger partial charge in [0.2, 0.25) is 5.91 Å². The summed E-state index contributed by atoms with van der Waals surface area (Å²) in [4.78, 5) is 16.2. The number of nitrogens with zero attached hydrogens (tertiary/aromatic N) is 2. The van der Waals surface area contributed by atoms with Crippen molar-refractivity contribution in [1.29, 1.82) is 0 Å². The van der Waals surface area contributed by atoms with Gasteiger partial charge >= 0.3 is 0 Å². The number of amides is 1. The molecule has 1 heterocycles. The van der Waals surface area contributed by atoms with Crippen molar-refractivity contribution in [2.75, 3.05) is 39.8 Å². The fourth-order valence-corrected chi connectivity index (χ4v) is 2.77. The molecule has 2 rings (SSSR count). The van der Waals surface area contributed by atoms with Gasteiger partial charge in [0, 0.05) is 26.7 Å². The molecule has 1 amide bonds. The predicted molar refractivity (Wildman–Crippen MR) is 86.9 cm³/mol. The van der Waals surface area contributed by atoms with Crippen molar-refractivity contribution in [2.24, 2.45) is 0 Å². The lowest BCUT2D eigenvalue weighted by atomic mass is 10.2. The summed E-state index contributed by atoms with van der Waals surface area (Å²) in [6, 6.07) is 5.50. The lowest BCUT2D eigenvalue weighted by Crippen LogP contribution is -2.39. The molecule has 1 fully saturated rings. The summed E-state index contributed by atoms with van der Waals surface area (Å²) in [6.07, 6.45) is 1.08. The van der Waals surface area contributed by atoms with Gasteiger partial charge in [0.15, 0.2) is 0 Å². The van der Waals surface area contributed by atoms with Crippen molar-refractivity contribution in [2.45, 2.75) is 13.0 Å². The molecular weight excluding hydrogens is 309 g/mol. The predicted octanol–water partition coefficient (Wildman–Crippen LogP) is 2.25. The Hall–Kier alpha value is -0.810. The number of hydrogen-bond acceptors (Lipinski definition) is 3. The van der Waals surface area contributed by atoms with E-state index < -0.39 is 0 Å². The molecule has 6 heteroatoms. The van der Waals surface area contributed by atoms with Crippen LogP contribution in [-0.2, 0) is 11.3 Å². The third-order valence-corrected chi connectivity index (χ3v) is 4.51. The molecule has 1 aliphatic heterocycles. The maximum atomic E-state index is 12.3. The highest BCUT2D eigenvalue weighted by molar-refractivity contribution is 6.42. The van der Waals surface area contributed by atoms with Crippen LogP contribution in [0.2, 0.25) is 10.0 Å². The van der Waals surface area contributed by atoms with Gasteiger partial charge in [0.05, 0.1) is 16.6 Å². The van der Waals surface area contributed by atoms with Gasteiger partial charge in [-0.15, -0.1) is 0 Å². The minimum absolute atomic E-state index is 0.105. The molecule has 0 aromatic heterocycles. The van der Waals surface area contributed by atoms with Crippen LogP contribution in [0.3, 0.4) is 0 Å². The number of carbonyl (C=O) groups excluding carboxylic acids is 1. The Morgan fingerprint density at radius 3 is 2.95 bits per heavy atom. The minimum Gasteiger partial charge on any atom is -0.340 e. The van der Waals surface area contributed by atoms with E-state index in [-0.39, 0.29) is 5.91 Å². The normalized spacial score (nSPS) is 16.5. The number of benzene rings is 1. The zero-order chi connectivity index (χ0) is 15.2. The van der Waals surface area contributed by atoms with Crippen LogP contribution in [0.15, 0.2) is 18.2 Å². The van der Waals surface area contributed by atoms with E-state index in [9.17, 15) is 4.79 Å². The van der Waals surface area contributed by atoms with Gasteiger partial charge in [0.25, 0.3) is 0 Å². The van der Waals surface area contributed by atoms with Gasteiger partial charge in [-0.1, -0.05) is 35.3 Å². The third-order valence-electron chi connectivity index (χ3n) is 3.66.